The molecule has 0 radical (unpaired) electrons. The highest BCUT2D eigenvalue weighted by Crippen LogP contribution is 2.21. The zero-order chi connectivity index (χ0) is 25.9. The fourth-order valence-electron chi connectivity index (χ4n) is 3.17. The molecule has 11 heteroatoms. The Morgan fingerprint density at radius 1 is 1.03 bits per heavy atom. The highest BCUT2D eigenvalue weighted by molar-refractivity contribution is 8.00. The Morgan fingerprint density at radius 3 is 2.15 bits per heavy atom. The van der Waals surface area contributed by atoms with Gasteiger partial charge in [-0.15, -0.1) is 11.8 Å². The SMILES string of the molecule is CCCCCC[C@@H](SC[C@@H](NC(C)C(=O)O)C(=O)OCC)C(=O)OCC.O=C(O)C1CCCN1. The number of nitrogens with one attached hydrogen (secondary N) is 2. The lowest BCUT2D eigenvalue weighted by atomic mass is 10.1. The number of carboxylic acid groups (broad SMARTS) is 2. The molecule has 0 spiro atoms. The molecule has 1 fully saturated rings. The first kappa shape index (κ1) is 32.1. The molecule has 4 N–H and O–H groups in total. The summed E-state index contributed by atoms with van der Waals surface area (Å²) in [6.07, 6.45) is 6.64. The van der Waals surface area contributed by atoms with Gasteiger partial charge in [-0.3, -0.25) is 24.5 Å². The van der Waals surface area contributed by atoms with E-state index >= 15 is 0 Å². The Bertz CT molecular complexity index is 614. The van der Waals surface area contributed by atoms with Gasteiger partial charge in [-0.1, -0.05) is 32.6 Å². The number of esters is 2. The van der Waals surface area contributed by atoms with E-state index in [9.17, 15) is 19.2 Å². The molecular formula is C23H42N2O8S. The summed E-state index contributed by atoms with van der Waals surface area (Å²) in [5.41, 5.74) is 0. The van der Waals surface area contributed by atoms with Crippen molar-refractivity contribution in [1.82, 2.24) is 10.6 Å². The van der Waals surface area contributed by atoms with E-state index in [1.807, 2.05) is 0 Å². The van der Waals surface area contributed by atoms with Crippen LogP contribution in [0, 0.1) is 0 Å². The lowest BCUT2D eigenvalue weighted by molar-refractivity contribution is -0.146. The summed E-state index contributed by atoms with van der Waals surface area (Å²) in [7, 11) is 0. The number of ether oxygens (including phenoxy) is 2. The smallest absolute Gasteiger partial charge is 0.324 e. The summed E-state index contributed by atoms with van der Waals surface area (Å²) < 4.78 is 10.1. The van der Waals surface area contributed by atoms with E-state index in [-0.39, 0.29) is 29.6 Å². The molecule has 0 bridgehead atoms. The summed E-state index contributed by atoms with van der Waals surface area (Å²) in [6.45, 7) is 8.41. The topological polar surface area (TPSA) is 151 Å². The van der Waals surface area contributed by atoms with Crippen LogP contribution in [0.15, 0.2) is 0 Å². The van der Waals surface area contributed by atoms with Gasteiger partial charge in [-0.2, -0.15) is 0 Å². The summed E-state index contributed by atoms with van der Waals surface area (Å²) in [4.78, 5) is 45.5. The number of thioether (sulfide) groups is 1. The summed E-state index contributed by atoms with van der Waals surface area (Å²) in [6, 6.07) is -1.95. The minimum Gasteiger partial charge on any atom is -0.480 e. The van der Waals surface area contributed by atoms with E-state index in [4.69, 9.17) is 19.7 Å². The van der Waals surface area contributed by atoms with Crippen molar-refractivity contribution < 1.29 is 38.9 Å². The van der Waals surface area contributed by atoms with E-state index in [0.717, 1.165) is 45.1 Å². The first-order valence-electron chi connectivity index (χ1n) is 12.1. The predicted molar refractivity (Wildman–Crippen MR) is 131 cm³/mol. The summed E-state index contributed by atoms with van der Waals surface area (Å²) >= 11 is 1.31. The first-order valence-corrected chi connectivity index (χ1v) is 13.1. The largest absolute Gasteiger partial charge is 0.480 e. The van der Waals surface area contributed by atoms with E-state index in [0.29, 0.717) is 13.0 Å². The number of carboxylic acids is 2. The normalized spacial score (nSPS) is 17.6. The minimum atomic E-state index is -1.05. The van der Waals surface area contributed by atoms with Crippen LogP contribution in [0.2, 0.25) is 0 Å². The molecule has 198 valence electrons. The van der Waals surface area contributed by atoms with Crippen LogP contribution in [0.4, 0.5) is 0 Å². The van der Waals surface area contributed by atoms with Gasteiger partial charge in [0.25, 0.3) is 0 Å². The Morgan fingerprint density at radius 2 is 1.68 bits per heavy atom. The maximum Gasteiger partial charge on any atom is 0.324 e. The molecule has 0 aliphatic carbocycles. The van der Waals surface area contributed by atoms with Crippen LogP contribution < -0.4 is 10.6 Å². The number of carbonyl (C=O) groups excluding carboxylic acids is 2. The molecule has 4 atom stereocenters. The third kappa shape index (κ3) is 14.4. The average molecular weight is 507 g/mol. The predicted octanol–water partition coefficient (Wildman–Crippen LogP) is 2.44. The molecule has 10 nitrogen and oxygen atoms in total. The van der Waals surface area contributed by atoms with Crippen LogP contribution in [-0.2, 0) is 28.7 Å². The maximum atomic E-state index is 12.2. The van der Waals surface area contributed by atoms with Crippen molar-refractivity contribution in [2.75, 3.05) is 25.5 Å². The zero-order valence-corrected chi connectivity index (χ0v) is 21.7. The number of unbranched alkanes of at least 4 members (excludes halogenated alkanes) is 3. The van der Waals surface area contributed by atoms with Gasteiger partial charge in [0, 0.05) is 5.75 Å². The van der Waals surface area contributed by atoms with Crippen molar-refractivity contribution in [2.24, 2.45) is 0 Å². The number of aliphatic carboxylic acids is 2. The van der Waals surface area contributed by atoms with Crippen LogP contribution in [0.3, 0.4) is 0 Å². The van der Waals surface area contributed by atoms with Gasteiger partial charge >= 0.3 is 23.9 Å². The van der Waals surface area contributed by atoms with Crippen molar-refractivity contribution in [3.63, 3.8) is 0 Å². The highest BCUT2D eigenvalue weighted by atomic mass is 32.2. The van der Waals surface area contributed by atoms with Gasteiger partial charge in [0.05, 0.1) is 13.2 Å². The monoisotopic (exact) mass is 506 g/mol. The molecule has 1 heterocycles. The number of rotatable bonds is 16. The Labute approximate surface area is 206 Å². The summed E-state index contributed by atoms with van der Waals surface area (Å²) in [5.74, 6) is -2.33. The van der Waals surface area contributed by atoms with Gasteiger partial charge in [0.1, 0.15) is 23.4 Å². The molecule has 1 saturated heterocycles. The van der Waals surface area contributed by atoms with E-state index < -0.39 is 30.0 Å². The van der Waals surface area contributed by atoms with Crippen molar-refractivity contribution in [3.8, 4) is 0 Å². The fraction of sp³-hybridized carbons (Fsp3) is 0.826. The van der Waals surface area contributed by atoms with Gasteiger partial charge in [-0.05, 0) is 46.6 Å². The second-order valence-electron chi connectivity index (χ2n) is 7.94. The number of hydrogen-bond donors (Lipinski definition) is 4. The Hall–Kier alpha value is -1.85. The second-order valence-corrected chi connectivity index (χ2v) is 9.18. The highest BCUT2D eigenvalue weighted by Gasteiger charge is 2.28. The maximum absolute atomic E-state index is 12.2. The molecule has 1 aliphatic rings. The molecule has 0 aromatic rings. The first-order chi connectivity index (χ1) is 16.2. The molecule has 1 rings (SSSR count). The zero-order valence-electron chi connectivity index (χ0n) is 20.8. The van der Waals surface area contributed by atoms with Crippen molar-refractivity contribution in [3.05, 3.63) is 0 Å². The standard InChI is InChI=1S/C18H33NO6S.C5H9NO2/c1-5-8-9-10-11-15(18(23)25-7-3)26-12-14(17(22)24-6-2)19-13(4)16(20)21;7-5(8)4-2-1-3-6-4/h13-15,19H,5-12H2,1-4H3,(H,20,21);4,6H,1-3H2,(H,7,8)/t13?,14-,15-;/m1./s1. The molecule has 1 aliphatic heterocycles. The van der Waals surface area contributed by atoms with E-state index in [1.54, 1.807) is 13.8 Å². The van der Waals surface area contributed by atoms with Crippen molar-refractivity contribution >= 4 is 35.6 Å². The third-order valence-corrected chi connectivity index (χ3v) is 6.44. The van der Waals surface area contributed by atoms with Crippen LogP contribution in [0.1, 0.15) is 72.6 Å². The molecule has 0 saturated carbocycles. The molecule has 0 amide bonds. The van der Waals surface area contributed by atoms with Crippen LogP contribution in [-0.4, -0.2) is 83.0 Å². The molecule has 34 heavy (non-hydrogen) atoms. The number of hydrogen-bond acceptors (Lipinski definition) is 9. The summed E-state index contributed by atoms with van der Waals surface area (Å²) in [5, 5.41) is 22.6. The second kappa shape index (κ2) is 19.5. The molecule has 0 aromatic heterocycles. The van der Waals surface area contributed by atoms with E-state index in [1.165, 1.54) is 18.7 Å². The number of carbonyl (C=O) groups is 4. The van der Waals surface area contributed by atoms with Gasteiger partial charge < -0.3 is 25.0 Å². The van der Waals surface area contributed by atoms with E-state index in [2.05, 4.69) is 17.6 Å². The van der Waals surface area contributed by atoms with Crippen LogP contribution in [0.5, 0.6) is 0 Å². The van der Waals surface area contributed by atoms with Crippen LogP contribution >= 0.6 is 11.8 Å². The fourth-order valence-corrected chi connectivity index (χ4v) is 4.36. The van der Waals surface area contributed by atoms with Gasteiger partial charge in [0.2, 0.25) is 0 Å². The van der Waals surface area contributed by atoms with Crippen molar-refractivity contribution in [2.45, 2.75) is 96.0 Å². The van der Waals surface area contributed by atoms with Gasteiger partial charge in [0.15, 0.2) is 0 Å². The molecule has 2 unspecified atom stereocenters. The lowest BCUT2D eigenvalue weighted by Crippen LogP contribution is -2.48. The minimum absolute atomic E-state index is 0.210. The lowest BCUT2D eigenvalue weighted by Gasteiger charge is -2.22. The van der Waals surface area contributed by atoms with Crippen molar-refractivity contribution in [1.29, 1.82) is 0 Å². The third-order valence-electron chi connectivity index (χ3n) is 5.08. The van der Waals surface area contributed by atoms with Gasteiger partial charge in [-0.25, -0.2) is 0 Å². The van der Waals surface area contributed by atoms with Crippen LogP contribution in [0.25, 0.3) is 0 Å². The Kier molecular flexibility index (Phi) is 18.4. The average Bonchev–Trinajstić information content (AvgIpc) is 3.33. The Balaban J connectivity index is 0.00000113. The molecular weight excluding hydrogens is 464 g/mol. The quantitative estimate of drug-likeness (QED) is 0.180. The molecule has 0 aromatic carbocycles.